The molecule has 0 heterocycles. The van der Waals surface area contributed by atoms with Gasteiger partial charge in [0.25, 0.3) is 5.91 Å². The van der Waals surface area contributed by atoms with Crippen LogP contribution in [0.1, 0.15) is 16.8 Å². The third-order valence-corrected chi connectivity index (χ3v) is 2.52. The van der Waals surface area contributed by atoms with E-state index in [0.717, 1.165) is 0 Å². The smallest absolute Gasteiger partial charge is 0.251 e. The Morgan fingerprint density at radius 3 is 2.47 bits per heavy atom. The van der Waals surface area contributed by atoms with Crippen molar-refractivity contribution in [3.05, 3.63) is 35.9 Å². The van der Waals surface area contributed by atoms with Crippen LogP contribution in [0.3, 0.4) is 0 Å². The lowest BCUT2D eigenvalue weighted by molar-refractivity contribution is 0.0953. The molecule has 1 N–H and O–H groups in total. The van der Waals surface area contributed by atoms with E-state index in [1.165, 1.54) is 0 Å². The van der Waals surface area contributed by atoms with Crippen LogP contribution in [0.25, 0.3) is 0 Å². The Bertz CT molecular complexity index is 379. The fourth-order valence-electron chi connectivity index (χ4n) is 1.10. The average Bonchev–Trinajstić information content (AvgIpc) is 2.25. The molecule has 0 fully saturated rings. The van der Waals surface area contributed by atoms with Crippen LogP contribution >= 0.6 is 0 Å². The first-order valence-corrected chi connectivity index (χ1v) is 6.01. The van der Waals surface area contributed by atoms with Crippen molar-refractivity contribution >= 4 is 16.6 Å². The number of hydrogen-bond acceptors (Lipinski definition) is 3. The lowest BCUT2D eigenvalue weighted by atomic mass is 10.2. The largest absolute Gasteiger partial charge is 0.352 e. The van der Waals surface area contributed by atoms with Gasteiger partial charge in [-0.25, -0.2) is 8.42 Å². The second-order valence-electron chi connectivity index (χ2n) is 3.03. The molecule has 0 unspecified atom stereocenters. The van der Waals surface area contributed by atoms with E-state index in [9.17, 15) is 13.2 Å². The van der Waals surface area contributed by atoms with Gasteiger partial charge in [0.1, 0.15) is 10.7 Å². The number of rotatable bonds is 5. The fraction of sp³-hybridized carbons (Fsp3) is 0.300. The summed E-state index contributed by atoms with van der Waals surface area (Å²) in [5, 5.41) is 2.65. The predicted octanol–water partition coefficient (Wildman–Crippen LogP) is 0.418. The highest BCUT2D eigenvalue weighted by Gasteiger charge is 2.02. The van der Waals surface area contributed by atoms with E-state index in [1.54, 1.807) is 24.3 Å². The normalized spacial score (nSPS) is 10.2. The zero-order valence-electron chi connectivity index (χ0n) is 8.18. The maximum atomic E-state index is 11.4. The first-order chi connectivity index (χ1) is 7.20. The van der Waals surface area contributed by atoms with Gasteiger partial charge in [0.05, 0.1) is 0 Å². The minimum atomic E-state index is -2.34. The van der Waals surface area contributed by atoms with Crippen LogP contribution in [0.5, 0.6) is 0 Å². The Balaban J connectivity index is 2.31. The van der Waals surface area contributed by atoms with Crippen molar-refractivity contribution in [3.8, 4) is 0 Å². The molecular formula is C10H13NO3S. The number of nitrogens with one attached hydrogen (secondary N) is 1. The first-order valence-electron chi connectivity index (χ1n) is 4.65. The van der Waals surface area contributed by atoms with Crippen LogP contribution < -0.4 is 5.32 Å². The summed E-state index contributed by atoms with van der Waals surface area (Å²) < 4.78 is 20.5. The predicted molar refractivity (Wildman–Crippen MR) is 58.6 cm³/mol. The Kier molecular flexibility index (Phi) is 4.83. The topological polar surface area (TPSA) is 63.2 Å². The number of amides is 1. The van der Waals surface area contributed by atoms with Crippen molar-refractivity contribution in [2.24, 2.45) is 0 Å². The van der Waals surface area contributed by atoms with E-state index >= 15 is 0 Å². The molecule has 0 bridgehead atoms. The molecule has 0 saturated heterocycles. The van der Waals surface area contributed by atoms with Crippen molar-refractivity contribution in [2.45, 2.75) is 6.42 Å². The average molecular weight is 227 g/mol. The van der Waals surface area contributed by atoms with E-state index in [-0.39, 0.29) is 11.7 Å². The van der Waals surface area contributed by atoms with Crippen molar-refractivity contribution in [3.63, 3.8) is 0 Å². The summed E-state index contributed by atoms with van der Waals surface area (Å²) in [6.07, 6.45) is 0.456. The summed E-state index contributed by atoms with van der Waals surface area (Å²) in [5.74, 6) is -0.0542. The molecular weight excluding hydrogens is 214 g/mol. The van der Waals surface area contributed by atoms with Crippen LogP contribution in [-0.4, -0.2) is 26.6 Å². The molecule has 4 nitrogen and oxygen atoms in total. The van der Waals surface area contributed by atoms with Crippen LogP contribution in [0.4, 0.5) is 0 Å². The van der Waals surface area contributed by atoms with Crippen molar-refractivity contribution in [1.82, 2.24) is 5.32 Å². The van der Waals surface area contributed by atoms with Crippen molar-refractivity contribution in [2.75, 3.05) is 12.3 Å². The molecule has 1 amide bonds. The molecule has 1 aromatic rings. The number of benzene rings is 1. The Morgan fingerprint density at radius 1 is 1.20 bits per heavy atom. The van der Waals surface area contributed by atoms with Gasteiger partial charge in [0.15, 0.2) is 0 Å². The quantitative estimate of drug-likeness (QED) is 0.566. The second kappa shape index (κ2) is 6.19. The fourth-order valence-corrected chi connectivity index (χ4v) is 1.52. The number of thiol groups is 1. The summed E-state index contributed by atoms with van der Waals surface area (Å²) in [4.78, 5) is 11.4. The van der Waals surface area contributed by atoms with Gasteiger partial charge < -0.3 is 5.32 Å². The lowest BCUT2D eigenvalue weighted by Crippen LogP contribution is -2.24. The Hall–Kier alpha value is -1.36. The van der Waals surface area contributed by atoms with E-state index < -0.39 is 10.7 Å². The van der Waals surface area contributed by atoms with Gasteiger partial charge in [-0.1, -0.05) is 18.2 Å². The van der Waals surface area contributed by atoms with E-state index in [1.807, 2.05) is 6.07 Å². The number of hydrogen-bond donors (Lipinski definition) is 2. The Morgan fingerprint density at radius 2 is 1.87 bits per heavy atom. The van der Waals surface area contributed by atoms with Gasteiger partial charge in [-0.05, 0) is 18.6 Å². The minimum absolute atomic E-state index is 0.115. The van der Waals surface area contributed by atoms with Crippen molar-refractivity contribution < 1.29 is 13.2 Å². The van der Waals surface area contributed by atoms with Crippen LogP contribution in [0.2, 0.25) is 0 Å². The monoisotopic (exact) mass is 227 g/mol. The molecule has 0 aliphatic heterocycles. The van der Waals surface area contributed by atoms with Gasteiger partial charge in [0.2, 0.25) is 0 Å². The standard InChI is InChI=1S/C10H13NO3S/c12-10(9-5-2-1-3-6-9)11-7-4-8-15(13)14/h1-3,5-6,15H,4,7-8H2,(H,11,12). The van der Waals surface area contributed by atoms with Crippen LogP contribution in [0.15, 0.2) is 30.3 Å². The number of carbonyl (C=O) groups excluding carboxylic acids is 1. The summed E-state index contributed by atoms with van der Waals surface area (Å²) in [7, 11) is -2.34. The zero-order chi connectivity index (χ0) is 11.1. The molecule has 82 valence electrons. The van der Waals surface area contributed by atoms with Gasteiger partial charge in [-0.15, -0.1) is 0 Å². The third-order valence-electron chi connectivity index (χ3n) is 1.84. The second-order valence-corrected chi connectivity index (χ2v) is 4.14. The molecule has 0 atom stereocenters. The molecule has 1 aromatic carbocycles. The van der Waals surface area contributed by atoms with Crippen LogP contribution in [-0.2, 0) is 10.7 Å². The molecule has 0 aromatic heterocycles. The molecule has 1 rings (SSSR count). The summed E-state index contributed by atoms with van der Waals surface area (Å²) >= 11 is 0. The number of carbonyl (C=O) groups is 1. The van der Waals surface area contributed by atoms with Gasteiger partial charge in [0, 0.05) is 17.9 Å². The first kappa shape index (κ1) is 11.7. The van der Waals surface area contributed by atoms with Crippen LogP contribution in [0, 0.1) is 0 Å². The van der Waals surface area contributed by atoms with E-state index in [0.29, 0.717) is 18.5 Å². The summed E-state index contributed by atoms with van der Waals surface area (Å²) in [6.45, 7) is 0.386. The van der Waals surface area contributed by atoms with E-state index in [2.05, 4.69) is 5.32 Å². The van der Waals surface area contributed by atoms with Gasteiger partial charge in [-0.3, -0.25) is 4.79 Å². The van der Waals surface area contributed by atoms with Gasteiger partial charge in [-0.2, -0.15) is 0 Å². The highest BCUT2D eigenvalue weighted by atomic mass is 32.2. The summed E-state index contributed by atoms with van der Waals surface area (Å²) in [5.41, 5.74) is 0.587. The SMILES string of the molecule is O=C(NCCC[SH](=O)=O)c1ccccc1. The highest BCUT2D eigenvalue weighted by Crippen LogP contribution is 1.97. The van der Waals surface area contributed by atoms with Crippen molar-refractivity contribution in [1.29, 1.82) is 0 Å². The molecule has 0 spiro atoms. The van der Waals surface area contributed by atoms with E-state index in [4.69, 9.17) is 0 Å². The van der Waals surface area contributed by atoms with Gasteiger partial charge >= 0.3 is 0 Å². The third kappa shape index (κ3) is 4.60. The lowest BCUT2D eigenvalue weighted by Gasteiger charge is -2.02. The maximum Gasteiger partial charge on any atom is 0.251 e. The summed E-state index contributed by atoms with van der Waals surface area (Å²) in [6, 6.07) is 8.82. The molecule has 0 saturated carbocycles. The molecule has 5 heteroatoms. The highest BCUT2D eigenvalue weighted by molar-refractivity contribution is 7.72. The zero-order valence-corrected chi connectivity index (χ0v) is 9.07. The Labute approximate surface area is 90.3 Å². The molecule has 0 aliphatic rings. The molecule has 0 radical (unpaired) electrons. The maximum absolute atomic E-state index is 11.4. The minimum Gasteiger partial charge on any atom is -0.352 e. The molecule has 0 aliphatic carbocycles. The molecule has 15 heavy (non-hydrogen) atoms.